The minimum atomic E-state index is 0.519. The van der Waals surface area contributed by atoms with E-state index in [2.05, 4.69) is 50.2 Å². The third-order valence-electron chi connectivity index (χ3n) is 2.80. The topological polar surface area (TPSA) is 9.23 Å². The lowest BCUT2D eigenvalue weighted by atomic mass is 9.96. The van der Waals surface area contributed by atoms with Gasteiger partial charge in [-0.2, -0.15) is 0 Å². The highest BCUT2D eigenvalue weighted by atomic mass is 16.5. The molecule has 0 heterocycles. The Bertz CT molecular complexity index is 486. The van der Waals surface area contributed by atoms with Crippen LogP contribution < -0.4 is 4.74 Å². The van der Waals surface area contributed by atoms with Gasteiger partial charge in [-0.1, -0.05) is 38.1 Å². The molecule has 0 amide bonds. The van der Waals surface area contributed by atoms with Crippen molar-refractivity contribution in [3.8, 4) is 5.75 Å². The van der Waals surface area contributed by atoms with Crippen molar-refractivity contribution in [3.63, 3.8) is 0 Å². The standard InChI is InChI=1S/C15H18O/c1-4-16-13-9-12-7-5-6-8-14(12)15(10-13)11(2)3/h5-11H,4H2,1-3H3. The summed E-state index contributed by atoms with van der Waals surface area (Å²) in [5.41, 5.74) is 1.36. The fourth-order valence-electron chi connectivity index (χ4n) is 2.04. The molecule has 0 saturated heterocycles. The highest BCUT2D eigenvalue weighted by molar-refractivity contribution is 5.87. The van der Waals surface area contributed by atoms with Crippen LogP contribution in [0.3, 0.4) is 0 Å². The lowest BCUT2D eigenvalue weighted by Crippen LogP contribution is -1.95. The van der Waals surface area contributed by atoms with Crippen molar-refractivity contribution < 1.29 is 4.74 Å². The minimum Gasteiger partial charge on any atom is -0.494 e. The Balaban J connectivity index is 2.64. The zero-order valence-corrected chi connectivity index (χ0v) is 10.2. The largest absolute Gasteiger partial charge is 0.494 e. The molecule has 16 heavy (non-hydrogen) atoms. The van der Waals surface area contributed by atoms with Crippen molar-refractivity contribution in [1.29, 1.82) is 0 Å². The van der Waals surface area contributed by atoms with Crippen molar-refractivity contribution in [2.45, 2.75) is 26.7 Å². The SMILES string of the molecule is CCOc1cc(C(C)C)c2ccccc2c1. The fraction of sp³-hybridized carbons (Fsp3) is 0.333. The molecule has 2 aromatic carbocycles. The van der Waals surface area contributed by atoms with Crippen LogP contribution in [-0.2, 0) is 0 Å². The third kappa shape index (κ3) is 2.04. The second-order valence-corrected chi connectivity index (χ2v) is 4.32. The summed E-state index contributed by atoms with van der Waals surface area (Å²) >= 11 is 0. The van der Waals surface area contributed by atoms with E-state index in [0.29, 0.717) is 5.92 Å². The van der Waals surface area contributed by atoms with Gasteiger partial charge in [0.05, 0.1) is 6.61 Å². The molecule has 1 nitrogen and oxygen atoms in total. The van der Waals surface area contributed by atoms with E-state index in [-0.39, 0.29) is 0 Å². The van der Waals surface area contributed by atoms with Crippen molar-refractivity contribution in [3.05, 3.63) is 42.0 Å². The number of fused-ring (bicyclic) bond motifs is 1. The number of hydrogen-bond donors (Lipinski definition) is 0. The molecular formula is C15H18O. The van der Waals surface area contributed by atoms with E-state index in [1.807, 2.05) is 6.92 Å². The molecule has 0 aliphatic heterocycles. The van der Waals surface area contributed by atoms with Crippen LogP contribution in [0, 0.1) is 0 Å². The van der Waals surface area contributed by atoms with Crippen LogP contribution in [0.1, 0.15) is 32.3 Å². The van der Waals surface area contributed by atoms with Crippen LogP contribution in [-0.4, -0.2) is 6.61 Å². The second-order valence-electron chi connectivity index (χ2n) is 4.32. The van der Waals surface area contributed by atoms with Crippen LogP contribution in [0.15, 0.2) is 36.4 Å². The van der Waals surface area contributed by atoms with Crippen LogP contribution in [0.4, 0.5) is 0 Å². The summed E-state index contributed by atoms with van der Waals surface area (Å²) in [4.78, 5) is 0. The lowest BCUT2D eigenvalue weighted by Gasteiger charge is -2.13. The Kier molecular flexibility index (Phi) is 3.14. The molecular weight excluding hydrogens is 196 g/mol. The molecule has 1 heteroatoms. The molecule has 2 rings (SSSR count). The molecule has 84 valence electrons. The van der Waals surface area contributed by atoms with Gasteiger partial charge in [-0.15, -0.1) is 0 Å². The Morgan fingerprint density at radius 1 is 1.12 bits per heavy atom. The summed E-state index contributed by atoms with van der Waals surface area (Å²) in [5, 5.41) is 2.60. The third-order valence-corrected chi connectivity index (χ3v) is 2.80. The average molecular weight is 214 g/mol. The lowest BCUT2D eigenvalue weighted by molar-refractivity contribution is 0.340. The summed E-state index contributed by atoms with van der Waals surface area (Å²) in [6, 6.07) is 12.8. The summed E-state index contributed by atoms with van der Waals surface area (Å²) in [5.74, 6) is 1.50. The van der Waals surface area contributed by atoms with Crippen LogP contribution >= 0.6 is 0 Å². The molecule has 0 unspecified atom stereocenters. The molecule has 0 aliphatic rings. The molecule has 0 N–H and O–H groups in total. The van der Waals surface area contributed by atoms with E-state index in [1.54, 1.807) is 0 Å². The van der Waals surface area contributed by atoms with E-state index in [4.69, 9.17) is 4.74 Å². The van der Waals surface area contributed by atoms with Crippen LogP contribution in [0.25, 0.3) is 10.8 Å². The normalized spacial score (nSPS) is 11.0. The van der Waals surface area contributed by atoms with Gasteiger partial charge >= 0.3 is 0 Å². The van der Waals surface area contributed by atoms with Gasteiger partial charge < -0.3 is 4.74 Å². The Morgan fingerprint density at radius 2 is 1.88 bits per heavy atom. The molecule has 0 bridgehead atoms. The van der Waals surface area contributed by atoms with E-state index in [1.165, 1.54) is 16.3 Å². The quantitative estimate of drug-likeness (QED) is 0.737. The van der Waals surface area contributed by atoms with Crippen molar-refractivity contribution >= 4 is 10.8 Å². The second kappa shape index (κ2) is 4.56. The van der Waals surface area contributed by atoms with Gasteiger partial charge in [-0.05, 0) is 41.3 Å². The maximum atomic E-state index is 5.60. The average Bonchev–Trinajstić information content (AvgIpc) is 2.28. The summed E-state index contributed by atoms with van der Waals surface area (Å²) in [7, 11) is 0. The molecule has 0 radical (unpaired) electrons. The van der Waals surface area contributed by atoms with Crippen molar-refractivity contribution in [2.24, 2.45) is 0 Å². The van der Waals surface area contributed by atoms with E-state index < -0.39 is 0 Å². The smallest absolute Gasteiger partial charge is 0.120 e. The van der Waals surface area contributed by atoms with Gasteiger partial charge in [-0.25, -0.2) is 0 Å². The molecule has 0 aliphatic carbocycles. The fourth-order valence-corrected chi connectivity index (χ4v) is 2.04. The first-order valence-electron chi connectivity index (χ1n) is 5.88. The summed E-state index contributed by atoms with van der Waals surface area (Å²) in [6.45, 7) is 7.18. The molecule has 2 aromatic rings. The minimum absolute atomic E-state index is 0.519. The van der Waals surface area contributed by atoms with Gasteiger partial charge in [0.1, 0.15) is 5.75 Å². The first kappa shape index (κ1) is 11.0. The Labute approximate surface area is 97.1 Å². The molecule has 0 saturated carbocycles. The van der Waals surface area contributed by atoms with E-state index in [0.717, 1.165) is 12.4 Å². The number of benzene rings is 2. The summed E-state index contributed by atoms with van der Waals surface area (Å²) in [6.07, 6.45) is 0. The van der Waals surface area contributed by atoms with Gasteiger partial charge in [-0.3, -0.25) is 0 Å². The maximum absolute atomic E-state index is 5.60. The van der Waals surface area contributed by atoms with Crippen LogP contribution in [0.5, 0.6) is 5.75 Å². The van der Waals surface area contributed by atoms with Gasteiger partial charge in [0.25, 0.3) is 0 Å². The molecule has 0 atom stereocenters. The first-order chi connectivity index (χ1) is 7.72. The number of ether oxygens (including phenoxy) is 1. The predicted molar refractivity (Wildman–Crippen MR) is 69.2 cm³/mol. The van der Waals surface area contributed by atoms with Crippen molar-refractivity contribution in [2.75, 3.05) is 6.61 Å². The van der Waals surface area contributed by atoms with E-state index >= 15 is 0 Å². The van der Waals surface area contributed by atoms with Crippen molar-refractivity contribution in [1.82, 2.24) is 0 Å². The Hall–Kier alpha value is -1.50. The predicted octanol–water partition coefficient (Wildman–Crippen LogP) is 4.36. The zero-order valence-electron chi connectivity index (χ0n) is 10.2. The summed E-state index contributed by atoms with van der Waals surface area (Å²) < 4.78 is 5.60. The van der Waals surface area contributed by atoms with Gasteiger partial charge in [0, 0.05) is 0 Å². The monoisotopic (exact) mass is 214 g/mol. The van der Waals surface area contributed by atoms with Gasteiger partial charge in [0.15, 0.2) is 0 Å². The number of rotatable bonds is 3. The molecule has 0 fully saturated rings. The van der Waals surface area contributed by atoms with Gasteiger partial charge in [0.2, 0.25) is 0 Å². The molecule has 0 spiro atoms. The zero-order chi connectivity index (χ0) is 11.5. The van der Waals surface area contributed by atoms with Crippen LogP contribution in [0.2, 0.25) is 0 Å². The first-order valence-corrected chi connectivity index (χ1v) is 5.88. The Morgan fingerprint density at radius 3 is 2.56 bits per heavy atom. The maximum Gasteiger partial charge on any atom is 0.120 e. The highest BCUT2D eigenvalue weighted by Gasteiger charge is 2.07. The van der Waals surface area contributed by atoms with E-state index in [9.17, 15) is 0 Å². The number of hydrogen-bond acceptors (Lipinski definition) is 1. The highest BCUT2D eigenvalue weighted by Crippen LogP contribution is 2.30. The molecule has 0 aromatic heterocycles.